The van der Waals surface area contributed by atoms with E-state index in [-0.39, 0.29) is 23.5 Å². The average Bonchev–Trinajstić information content (AvgIpc) is 3.16. The van der Waals surface area contributed by atoms with Crippen molar-refractivity contribution in [3.8, 4) is 0 Å². The molecular weight excluding hydrogens is 336 g/mol. The number of epoxide rings is 1. The molecule has 2 heterocycles. The quantitative estimate of drug-likeness (QED) is 0.185. The zero-order chi connectivity index (χ0) is 19.1. The average molecular weight is 366 g/mol. The van der Waals surface area contributed by atoms with Crippen LogP contribution in [0.3, 0.4) is 0 Å². The van der Waals surface area contributed by atoms with Gasteiger partial charge in [-0.05, 0) is 56.9 Å². The molecule has 0 aromatic rings. The van der Waals surface area contributed by atoms with E-state index >= 15 is 0 Å². The predicted molar refractivity (Wildman–Crippen MR) is 95.3 cm³/mol. The molecule has 6 nitrogen and oxygen atoms in total. The number of esters is 1. The van der Waals surface area contributed by atoms with Crippen molar-refractivity contribution in [2.45, 2.75) is 82.4 Å². The Bertz CT molecular complexity index is 587. The number of aliphatic hydroxyl groups is 1. The fraction of sp³-hybridized carbons (Fsp3) is 0.750. The summed E-state index contributed by atoms with van der Waals surface area (Å²) in [6, 6.07) is 0. The maximum atomic E-state index is 12.0. The first-order valence-corrected chi connectivity index (χ1v) is 9.50. The minimum Gasteiger partial charge on any atom is -0.456 e. The maximum Gasteiger partial charge on any atom is 0.334 e. The van der Waals surface area contributed by atoms with Gasteiger partial charge in [0.2, 0.25) is 0 Å². The van der Waals surface area contributed by atoms with Crippen molar-refractivity contribution in [2.75, 3.05) is 0 Å². The van der Waals surface area contributed by atoms with Gasteiger partial charge >= 0.3 is 5.97 Å². The van der Waals surface area contributed by atoms with Crippen LogP contribution in [0.5, 0.6) is 0 Å². The molecule has 2 saturated heterocycles. The zero-order valence-electron chi connectivity index (χ0n) is 15.6. The summed E-state index contributed by atoms with van der Waals surface area (Å²) in [5.74, 6) is -0.674. The first-order valence-electron chi connectivity index (χ1n) is 9.50. The predicted octanol–water partition coefficient (Wildman–Crippen LogP) is 3.01. The van der Waals surface area contributed by atoms with Crippen LogP contribution in [0.25, 0.3) is 0 Å². The molecule has 0 radical (unpaired) electrons. The fourth-order valence-electron chi connectivity index (χ4n) is 4.31. The number of rotatable bonds is 1. The molecule has 0 aromatic heterocycles. The normalized spacial score (nSPS) is 44.7. The number of fused-ring (bicyclic) bond motifs is 2. The SMILES string of the molecule is C=C1CCCC(C)C(O)C2OC(=O)C(=C)C2CC2OC2(C)CCC1OO. The molecular formula is C20H30O6. The van der Waals surface area contributed by atoms with E-state index in [1.54, 1.807) is 0 Å². The van der Waals surface area contributed by atoms with E-state index in [0.29, 0.717) is 24.8 Å². The number of hydrogen-bond acceptors (Lipinski definition) is 6. The number of aliphatic hydroxyl groups excluding tert-OH is 1. The second-order valence-corrected chi connectivity index (χ2v) is 8.31. The molecule has 26 heavy (non-hydrogen) atoms. The molecule has 2 aliphatic heterocycles. The van der Waals surface area contributed by atoms with Gasteiger partial charge in [-0.2, -0.15) is 0 Å². The number of hydrogen-bond donors (Lipinski definition) is 2. The van der Waals surface area contributed by atoms with Gasteiger partial charge in [0.1, 0.15) is 12.2 Å². The second-order valence-electron chi connectivity index (χ2n) is 8.31. The Morgan fingerprint density at radius 1 is 1.31 bits per heavy atom. The van der Waals surface area contributed by atoms with Crippen molar-refractivity contribution in [2.24, 2.45) is 11.8 Å². The monoisotopic (exact) mass is 366 g/mol. The van der Waals surface area contributed by atoms with E-state index in [1.807, 2.05) is 13.8 Å². The van der Waals surface area contributed by atoms with Crippen LogP contribution in [-0.4, -0.2) is 46.3 Å². The molecule has 1 saturated carbocycles. The van der Waals surface area contributed by atoms with Crippen LogP contribution in [0, 0.1) is 11.8 Å². The third-order valence-corrected chi connectivity index (χ3v) is 6.42. The molecule has 6 heteroatoms. The Morgan fingerprint density at radius 3 is 2.73 bits per heavy atom. The molecule has 3 aliphatic rings. The van der Waals surface area contributed by atoms with E-state index < -0.39 is 24.3 Å². The fourth-order valence-corrected chi connectivity index (χ4v) is 4.31. The summed E-state index contributed by atoms with van der Waals surface area (Å²) in [7, 11) is 0. The van der Waals surface area contributed by atoms with Crippen LogP contribution in [0.2, 0.25) is 0 Å². The minimum absolute atomic E-state index is 0.0284. The molecule has 7 unspecified atom stereocenters. The first kappa shape index (κ1) is 19.5. The summed E-state index contributed by atoms with van der Waals surface area (Å²) in [6.45, 7) is 11.9. The minimum atomic E-state index is -0.741. The largest absolute Gasteiger partial charge is 0.456 e. The van der Waals surface area contributed by atoms with Crippen LogP contribution in [0.15, 0.2) is 24.3 Å². The summed E-state index contributed by atoms with van der Waals surface area (Å²) < 4.78 is 11.4. The number of carbonyl (C=O) groups is 1. The van der Waals surface area contributed by atoms with E-state index in [9.17, 15) is 15.2 Å². The van der Waals surface area contributed by atoms with Crippen molar-refractivity contribution >= 4 is 5.97 Å². The summed E-state index contributed by atoms with van der Waals surface area (Å²) in [6.07, 6.45) is 2.52. The molecule has 0 aromatic carbocycles. The molecule has 146 valence electrons. The molecule has 3 fully saturated rings. The van der Waals surface area contributed by atoms with Crippen LogP contribution in [-0.2, 0) is 19.2 Å². The lowest BCUT2D eigenvalue weighted by Crippen LogP contribution is -2.37. The van der Waals surface area contributed by atoms with Gasteiger partial charge in [-0.25, -0.2) is 9.68 Å². The number of ether oxygens (including phenoxy) is 2. The van der Waals surface area contributed by atoms with Crippen molar-refractivity contribution in [1.82, 2.24) is 0 Å². The third-order valence-electron chi connectivity index (χ3n) is 6.42. The van der Waals surface area contributed by atoms with Crippen molar-refractivity contribution < 1.29 is 29.5 Å². The van der Waals surface area contributed by atoms with E-state index in [0.717, 1.165) is 24.8 Å². The van der Waals surface area contributed by atoms with E-state index in [4.69, 9.17) is 9.47 Å². The lowest BCUT2D eigenvalue weighted by atomic mass is 9.81. The molecule has 0 spiro atoms. The number of carbonyl (C=O) groups excluding carboxylic acids is 1. The highest BCUT2D eigenvalue weighted by atomic mass is 17.1. The lowest BCUT2D eigenvalue weighted by molar-refractivity contribution is -0.270. The Morgan fingerprint density at radius 2 is 2.04 bits per heavy atom. The smallest absolute Gasteiger partial charge is 0.334 e. The Labute approximate surface area is 154 Å². The van der Waals surface area contributed by atoms with Crippen molar-refractivity contribution in [1.29, 1.82) is 0 Å². The molecule has 1 aliphatic carbocycles. The second kappa shape index (κ2) is 7.43. The Hall–Kier alpha value is -1.21. The Kier molecular flexibility index (Phi) is 5.58. The first-order chi connectivity index (χ1) is 12.3. The summed E-state index contributed by atoms with van der Waals surface area (Å²) in [5.41, 5.74) is 0.954. The van der Waals surface area contributed by atoms with Gasteiger partial charge in [0.25, 0.3) is 0 Å². The Balaban J connectivity index is 1.79. The van der Waals surface area contributed by atoms with Gasteiger partial charge in [-0.3, -0.25) is 5.26 Å². The zero-order valence-corrected chi connectivity index (χ0v) is 15.6. The lowest BCUT2D eigenvalue weighted by Gasteiger charge is -2.28. The van der Waals surface area contributed by atoms with Crippen LogP contribution >= 0.6 is 0 Å². The van der Waals surface area contributed by atoms with Crippen LogP contribution < -0.4 is 0 Å². The van der Waals surface area contributed by atoms with Crippen molar-refractivity contribution in [3.05, 3.63) is 24.3 Å². The van der Waals surface area contributed by atoms with Gasteiger partial charge in [-0.15, -0.1) is 0 Å². The van der Waals surface area contributed by atoms with E-state index in [2.05, 4.69) is 18.0 Å². The van der Waals surface area contributed by atoms with Crippen LogP contribution in [0.1, 0.15) is 52.4 Å². The molecule has 2 N–H and O–H groups in total. The topological polar surface area (TPSA) is 88.5 Å². The standard InChI is InChI=1S/C20H30O6/c1-11-6-5-7-12(2)17(21)18-14(13(3)19(22)24-18)10-16-20(4,25-16)9-8-15(11)26-23/h12,14-18,21,23H,1,3,5-10H2,2,4H3. The highest BCUT2D eigenvalue weighted by molar-refractivity contribution is 5.90. The highest BCUT2D eigenvalue weighted by Crippen LogP contribution is 2.48. The van der Waals surface area contributed by atoms with Gasteiger partial charge in [0.15, 0.2) is 0 Å². The molecule has 7 atom stereocenters. The van der Waals surface area contributed by atoms with Gasteiger partial charge < -0.3 is 14.6 Å². The summed E-state index contributed by atoms with van der Waals surface area (Å²) >= 11 is 0. The maximum absolute atomic E-state index is 12.0. The highest BCUT2D eigenvalue weighted by Gasteiger charge is 2.56. The molecule has 3 rings (SSSR count). The summed E-state index contributed by atoms with van der Waals surface area (Å²) in [4.78, 5) is 16.7. The summed E-state index contributed by atoms with van der Waals surface area (Å²) in [5, 5.41) is 20.0. The van der Waals surface area contributed by atoms with Gasteiger partial charge in [0, 0.05) is 11.5 Å². The molecule has 0 amide bonds. The van der Waals surface area contributed by atoms with Crippen LogP contribution in [0.4, 0.5) is 0 Å². The van der Waals surface area contributed by atoms with E-state index in [1.165, 1.54) is 0 Å². The van der Waals surface area contributed by atoms with Crippen molar-refractivity contribution in [3.63, 3.8) is 0 Å². The third kappa shape index (κ3) is 3.74. The van der Waals surface area contributed by atoms with Gasteiger partial charge in [-0.1, -0.05) is 20.1 Å². The molecule has 0 bridgehead atoms. The van der Waals surface area contributed by atoms with Gasteiger partial charge in [0.05, 0.1) is 17.8 Å².